The normalized spacial score (nSPS) is 20.7. The molecule has 2 atom stereocenters. The van der Waals surface area contributed by atoms with Gasteiger partial charge in [-0.1, -0.05) is 42.5 Å². The van der Waals surface area contributed by atoms with E-state index in [1.807, 2.05) is 47.4 Å². The minimum Gasteiger partial charge on any atom is -0.333 e. The third-order valence-corrected chi connectivity index (χ3v) is 4.53. The molecule has 1 N–H and O–H groups in total. The summed E-state index contributed by atoms with van der Waals surface area (Å²) < 4.78 is 0. The van der Waals surface area contributed by atoms with E-state index >= 15 is 0 Å². The van der Waals surface area contributed by atoms with Crippen LogP contribution in [-0.2, 0) is 0 Å². The molecule has 1 amide bonds. The van der Waals surface area contributed by atoms with Gasteiger partial charge in [0.05, 0.1) is 0 Å². The summed E-state index contributed by atoms with van der Waals surface area (Å²) in [6.45, 7) is 5.86. The van der Waals surface area contributed by atoms with Crippen LogP contribution in [0.15, 0.2) is 54.6 Å². The molecule has 0 aliphatic carbocycles. The lowest BCUT2D eigenvalue weighted by atomic mass is 10.0. The van der Waals surface area contributed by atoms with E-state index in [9.17, 15) is 4.79 Å². The monoisotopic (exact) mass is 330 g/mol. The maximum atomic E-state index is 12.7. The molecular weight excluding hydrogens is 308 g/mol. The highest BCUT2D eigenvalue weighted by Crippen LogP contribution is 2.21. The molecule has 1 saturated heterocycles. The molecule has 23 heavy (non-hydrogen) atoms. The Labute approximate surface area is 144 Å². The fraction of sp³-hybridized carbons (Fsp3) is 0.316. The first-order valence-electron chi connectivity index (χ1n) is 7.86. The average Bonchev–Trinajstić information content (AvgIpc) is 2.58. The molecule has 0 aromatic heterocycles. The van der Waals surface area contributed by atoms with Crippen molar-refractivity contribution < 1.29 is 4.79 Å². The van der Waals surface area contributed by atoms with Gasteiger partial charge in [-0.3, -0.25) is 4.79 Å². The zero-order chi connectivity index (χ0) is 15.5. The second-order valence-electron chi connectivity index (χ2n) is 5.93. The Bertz CT molecular complexity index is 642. The molecule has 2 unspecified atom stereocenters. The highest BCUT2D eigenvalue weighted by atomic mass is 35.5. The van der Waals surface area contributed by atoms with E-state index in [1.165, 1.54) is 5.56 Å². The van der Waals surface area contributed by atoms with Crippen LogP contribution in [0.2, 0.25) is 0 Å². The molecule has 3 rings (SSSR count). The van der Waals surface area contributed by atoms with Crippen LogP contribution in [0.25, 0.3) is 11.1 Å². The van der Waals surface area contributed by atoms with Crippen LogP contribution in [0.3, 0.4) is 0 Å². The van der Waals surface area contributed by atoms with Gasteiger partial charge in [0.25, 0.3) is 5.91 Å². The number of hydrogen-bond donors (Lipinski definition) is 1. The van der Waals surface area contributed by atoms with Crippen LogP contribution < -0.4 is 5.32 Å². The number of rotatable bonds is 2. The minimum atomic E-state index is 0. The molecule has 1 fully saturated rings. The summed E-state index contributed by atoms with van der Waals surface area (Å²) in [6, 6.07) is 18.7. The van der Waals surface area contributed by atoms with Crippen molar-refractivity contribution >= 4 is 18.3 Å². The average molecular weight is 331 g/mol. The fourth-order valence-electron chi connectivity index (χ4n) is 2.94. The van der Waals surface area contributed by atoms with Gasteiger partial charge in [0.15, 0.2) is 0 Å². The Balaban J connectivity index is 0.00000192. The Morgan fingerprint density at radius 3 is 2.26 bits per heavy atom. The number of benzene rings is 2. The van der Waals surface area contributed by atoms with Gasteiger partial charge in [-0.2, -0.15) is 0 Å². The largest absolute Gasteiger partial charge is 0.333 e. The third-order valence-electron chi connectivity index (χ3n) is 4.53. The summed E-state index contributed by atoms with van der Waals surface area (Å²) >= 11 is 0. The van der Waals surface area contributed by atoms with Crippen molar-refractivity contribution in [2.24, 2.45) is 0 Å². The highest BCUT2D eigenvalue weighted by Gasteiger charge is 2.28. The van der Waals surface area contributed by atoms with Gasteiger partial charge in [0, 0.05) is 30.7 Å². The number of nitrogens with one attached hydrogen (secondary N) is 1. The molecule has 2 aromatic rings. The molecule has 1 aliphatic rings. The number of carbonyl (C=O) groups excluding carboxylic acids is 1. The molecule has 3 nitrogen and oxygen atoms in total. The second-order valence-corrected chi connectivity index (χ2v) is 5.93. The van der Waals surface area contributed by atoms with Gasteiger partial charge in [-0.25, -0.2) is 0 Å². The second kappa shape index (κ2) is 7.62. The zero-order valence-corrected chi connectivity index (χ0v) is 14.3. The summed E-state index contributed by atoms with van der Waals surface area (Å²) in [6.07, 6.45) is 0. The van der Waals surface area contributed by atoms with Crippen molar-refractivity contribution in [1.29, 1.82) is 0 Å². The number of nitrogens with zero attached hydrogens (tertiary/aromatic N) is 1. The van der Waals surface area contributed by atoms with Gasteiger partial charge >= 0.3 is 0 Å². The fourth-order valence-corrected chi connectivity index (χ4v) is 2.94. The van der Waals surface area contributed by atoms with Crippen LogP contribution in [-0.4, -0.2) is 36.0 Å². The summed E-state index contributed by atoms with van der Waals surface area (Å²) in [5, 5.41) is 3.40. The maximum absolute atomic E-state index is 12.7. The first kappa shape index (κ1) is 17.5. The topological polar surface area (TPSA) is 32.3 Å². The standard InChI is InChI=1S/C19H22N2O.ClH/c1-14-15(2)21(13-12-20-14)19(22)18-10-8-17(9-11-18)16-6-4-3-5-7-16;/h3-11,14-15,20H,12-13H2,1-2H3;1H. The first-order chi connectivity index (χ1) is 10.7. The van der Waals surface area contributed by atoms with E-state index in [2.05, 4.69) is 31.3 Å². The Kier molecular flexibility index (Phi) is 5.80. The zero-order valence-electron chi connectivity index (χ0n) is 13.5. The molecule has 0 saturated carbocycles. The van der Waals surface area contributed by atoms with E-state index in [0.29, 0.717) is 6.04 Å². The molecule has 0 radical (unpaired) electrons. The maximum Gasteiger partial charge on any atom is 0.254 e. The van der Waals surface area contributed by atoms with Crippen LogP contribution in [0.4, 0.5) is 0 Å². The van der Waals surface area contributed by atoms with E-state index in [1.54, 1.807) is 0 Å². The SMILES string of the molecule is CC1NCCN(C(=O)c2ccc(-c3ccccc3)cc2)C1C.Cl. The molecule has 1 aliphatic heterocycles. The van der Waals surface area contributed by atoms with Gasteiger partial charge in [-0.15, -0.1) is 12.4 Å². The van der Waals surface area contributed by atoms with Gasteiger partial charge in [-0.05, 0) is 37.1 Å². The molecule has 4 heteroatoms. The lowest BCUT2D eigenvalue weighted by Crippen LogP contribution is -2.57. The van der Waals surface area contributed by atoms with Crippen molar-refractivity contribution in [2.45, 2.75) is 25.9 Å². The predicted octanol–water partition coefficient (Wildman–Crippen LogP) is 3.60. The lowest BCUT2D eigenvalue weighted by Gasteiger charge is -2.38. The molecular formula is C19H23ClN2O. The number of carbonyl (C=O) groups is 1. The van der Waals surface area contributed by atoms with Crippen LogP contribution in [0.5, 0.6) is 0 Å². The molecule has 0 spiro atoms. The van der Waals surface area contributed by atoms with Gasteiger partial charge < -0.3 is 10.2 Å². The van der Waals surface area contributed by atoms with E-state index in [0.717, 1.165) is 24.2 Å². The summed E-state index contributed by atoms with van der Waals surface area (Å²) in [5.41, 5.74) is 3.07. The molecule has 0 bridgehead atoms. The number of amides is 1. The number of hydrogen-bond acceptors (Lipinski definition) is 2. The number of halogens is 1. The molecule has 122 valence electrons. The predicted molar refractivity (Wildman–Crippen MR) is 97.1 cm³/mol. The summed E-state index contributed by atoms with van der Waals surface area (Å²) in [4.78, 5) is 14.7. The van der Waals surface area contributed by atoms with Crippen LogP contribution in [0.1, 0.15) is 24.2 Å². The van der Waals surface area contributed by atoms with E-state index < -0.39 is 0 Å². The van der Waals surface area contributed by atoms with Crippen LogP contribution in [0, 0.1) is 0 Å². The first-order valence-corrected chi connectivity index (χ1v) is 7.86. The van der Waals surface area contributed by atoms with Gasteiger partial charge in [0.1, 0.15) is 0 Å². The van der Waals surface area contributed by atoms with Crippen molar-refractivity contribution in [2.75, 3.05) is 13.1 Å². The third kappa shape index (κ3) is 3.74. The number of piperazine rings is 1. The Morgan fingerprint density at radius 1 is 1.00 bits per heavy atom. The molecule has 1 heterocycles. The van der Waals surface area contributed by atoms with Crippen molar-refractivity contribution in [3.05, 3.63) is 60.2 Å². The summed E-state index contributed by atoms with van der Waals surface area (Å²) in [7, 11) is 0. The minimum absolute atomic E-state index is 0. The highest BCUT2D eigenvalue weighted by molar-refractivity contribution is 5.95. The quantitative estimate of drug-likeness (QED) is 0.912. The Morgan fingerprint density at radius 2 is 1.61 bits per heavy atom. The van der Waals surface area contributed by atoms with Crippen molar-refractivity contribution in [3.8, 4) is 11.1 Å². The smallest absolute Gasteiger partial charge is 0.254 e. The van der Waals surface area contributed by atoms with Crippen molar-refractivity contribution in [3.63, 3.8) is 0 Å². The Hall–Kier alpha value is -1.84. The van der Waals surface area contributed by atoms with Crippen molar-refractivity contribution in [1.82, 2.24) is 10.2 Å². The summed E-state index contributed by atoms with van der Waals surface area (Å²) in [5.74, 6) is 0.125. The van der Waals surface area contributed by atoms with Gasteiger partial charge in [0.2, 0.25) is 0 Å². The van der Waals surface area contributed by atoms with Crippen LogP contribution >= 0.6 is 12.4 Å². The van der Waals surface area contributed by atoms with E-state index in [-0.39, 0.29) is 24.4 Å². The lowest BCUT2D eigenvalue weighted by molar-refractivity contribution is 0.0603. The molecule has 2 aromatic carbocycles. The van der Waals surface area contributed by atoms with E-state index in [4.69, 9.17) is 0 Å².